The molecule has 2 aromatic carbocycles. The highest BCUT2D eigenvalue weighted by molar-refractivity contribution is 6.31. The van der Waals surface area contributed by atoms with Gasteiger partial charge in [-0.3, -0.25) is 9.59 Å². The Kier molecular flexibility index (Phi) is 7.61. The molecule has 0 saturated carbocycles. The number of rotatable bonds is 8. The minimum absolute atomic E-state index is 0.0476. The van der Waals surface area contributed by atoms with Crippen molar-refractivity contribution < 1.29 is 23.5 Å². The number of carbonyl (C=O) groups excluding carboxylic acids is 2. The van der Waals surface area contributed by atoms with Gasteiger partial charge in [0.05, 0.1) is 13.0 Å². The van der Waals surface area contributed by atoms with Crippen molar-refractivity contribution in [2.75, 3.05) is 19.8 Å². The number of carbonyl (C=O) groups is 2. The van der Waals surface area contributed by atoms with Gasteiger partial charge in [-0.15, -0.1) is 0 Å². The number of amides is 1. The Hall–Kier alpha value is -2.60. The number of hydrogen-bond acceptors (Lipinski definition) is 4. The van der Waals surface area contributed by atoms with E-state index in [1.54, 1.807) is 0 Å². The van der Waals surface area contributed by atoms with E-state index in [9.17, 15) is 14.0 Å². The van der Waals surface area contributed by atoms with Gasteiger partial charge >= 0.3 is 5.97 Å². The molecule has 1 N–H and O–H groups in total. The van der Waals surface area contributed by atoms with Crippen molar-refractivity contribution in [3.63, 3.8) is 0 Å². The van der Waals surface area contributed by atoms with Gasteiger partial charge in [-0.1, -0.05) is 35.4 Å². The molecular weight excluding hydrogens is 373 g/mol. The summed E-state index contributed by atoms with van der Waals surface area (Å²) >= 11 is 5.85. The number of ether oxygens (including phenoxy) is 2. The van der Waals surface area contributed by atoms with E-state index >= 15 is 0 Å². The Morgan fingerprint density at radius 2 is 1.96 bits per heavy atom. The molecule has 0 aromatic heterocycles. The van der Waals surface area contributed by atoms with Gasteiger partial charge in [0.2, 0.25) is 0 Å². The largest absolute Gasteiger partial charge is 0.491 e. The summed E-state index contributed by atoms with van der Waals surface area (Å²) in [5, 5.41) is 2.72. The number of esters is 1. The molecule has 0 heterocycles. The van der Waals surface area contributed by atoms with Crippen LogP contribution in [0, 0.1) is 19.7 Å². The summed E-state index contributed by atoms with van der Waals surface area (Å²) in [6.07, 6.45) is -0.339. The van der Waals surface area contributed by atoms with E-state index in [0.717, 1.165) is 16.9 Å². The summed E-state index contributed by atoms with van der Waals surface area (Å²) in [6.45, 7) is 4.05. The molecule has 0 bridgehead atoms. The number of halogens is 2. The van der Waals surface area contributed by atoms with Gasteiger partial charge in [-0.25, -0.2) is 4.39 Å². The zero-order chi connectivity index (χ0) is 19.8. The topological polar surface area (TPSA) is 64.6 Å². The van der Waals surface area contributed by atoms with E-state index in [-0.39, 0.29) is 30.2 Å². The summed E-state index contributed by atoms with van der Waals surface area (Å²) in [5.74, 6) is -1.04. The molecular formula is C20H21ClFNO4. The van der Waals surface area contributed by atoms with E-state index in [2.05, 4.69) is 5.32 Å². The molecule has 0 radical (unpaired) electrons. The molecule has 7 heteroatoms. The van der Waals surface area contributed by atoms with E-state index in [1.165, 1.54) is 18.2 Å². The van der Waals surface area contributed by atoms with Crippen LogP contribution in [-0.4, -0.2) is 31.6 Å². The molecule has 27 heavy (non-hydrogen) atoms. The maximum atomic E-state index is 13.6. The van der Waals surface area contributed by atoms with Crippen LogP contribution in [-0.2, 0) is 20.7 Å². The predicted molar refractivity (Wildman–Crippen MR) is 100 cm³/mol. The number of nitrogens with one attached hydrogen (secondary N) is 1. The molecule has 0 saturated heterocycles. The molecule has 0 fully saturated rings. The first kappa shape index (κ1) is 20.7. The van der Waals surface area contributed by atoms with Crippen LogP contribution < -0.4 is 10.1 Å². The van der Waals surface area contributed by atoms with Gasteiger partial charge < -0.3 is 14.8 Å². The summed E-state index contributed by atoms with van der Waals surface area (Å²) in [6, 6.07) is 9.96. The molecule has 5 nitrogen and oxygen atoms in total. The van der Waals surface area contributed by atoms with Crippen LogP contribution in [0.1, 0.15) is 16.7 Å². The van der Waals surface area contributed by atoms with Crippen LogP contribution in [0.4, 0.5) is 4.39 Å². The Morgan fingerprint density at radius 3 is 2.67 bits per heavy atom. The van der Waals surface area contributed by atoms with Crippen LogP contribution in [0.25, 0.3) is 0 Å². The third-order valence-corrected chi connectivity index (χ3v) is 4.11. The average molecular weight is 394 g/mol. The van der Waals surface area contributed by atoms with Crippen molar-refractivity contribution in [1.29, 1.82) is 0 Å². The van der Waals surface area contributed by atoms with Gasteiger partial charge in [-0.2, -0.15) is 0 Å². The first-order valence-corrected chi connectivity index (χ1v) is 8.80. The molecule has 0 aliphatic carbocycles. The molecule has 144 valence electrons. The second-order valence-corrected chi connectivity index (χ2v) is 6.41. The molecule has 2 aromatic rings. The monoisotopic (exact) mass is 393 g/mol. The van der Waals surface area contributed by atoms with Crippen LogP contribution in [0.3, 0.4) is 0 Å². The normalized spacial score (nSPS) is 10.4. The van der Waals surface area contributed by atoms with Gasteiger partial charge in [0.1, 0.15) is 18.2 Å². The third-order valence-electron chi connectivity index (χ3n) is 3.76. The van der Waals surface area contributed by atoms with Crippen LogP contribution in [0.5, 0.6) is 5.75 Å². The minimum Gasteiger partial charge on any atom is -0.491 e. The summed E-state index contributed by atoms with van der Waals surface area (Å²) in [5.41, 5.74) is 2.21. The van der Waals surface area contributed by atoms with Crippen LogP contribution >= 0.6 is 11.6 Å². The van der Waals surface area contributed by atoms with Gasteiger partial charge in [0.25, 0.3) is 5.91 Å². The lowest BCUT2D eigenvalue weighted by atomic mass is 10.1. The summed E-state index contributed by atoms with van der Waals surface area (Å²) in [4.78, 5) is 23.5. The van der Waals surface area contributed by atoms with E-state index in [4.69, 9.17) is 21.1 Å². The second kappa shape index (κ2) is 9.92. The van der Waals surface area contributed by atoms with E-state index < -0.39 is 24.3 Å². The zero-order valence-corrected chi connectivity index (χ0v) is 15.9. The van der Waals surface area contributed by atoms with Crippen LogP contribution in [0.15, 0.2) is 36.4 Å². The maximum absolute atomic E-state index is 13.6. The minimum atomic E-state index is -0.733. The molecule has 0 unspecified atom stereocenters. The highest BCUT2D eigenvalue weighted by atomic mass is 35.5. The zero-order valence-electron chi connectivity index (χ0n) is 15.2. The molecule has 0 spiro atoms. The third kappa shape index (κ3) is 6.57. The van der Waals surface area contributed by atoms with Crippen molar-refractivity contribution in [2.24, 2.45) is 0 Å². The van der Waals surface area contributed by atoms with Gasteiger partial charge in [-0.05, 0) is 37.6 Å². The van der Waals surface area contributed by atoms with Crippen LogP contribution in [0.2, 0.25) is 5.02 Å². The Labute approximate surface area is 162 Å². The molecule has 1 amide bonds. The summed E-state index contributed by atoms with van der Waals surface area (Å²) < 4.78 is 24.1. The Morgan fingerprint density at radius 1 is 1.19 bits per heavy atom. The van der Waals surface area contributed by atoms with E-state index in [0.29, 0.717) is 0 Å². The average Bonchev–Trinajstić information content (AvgIpc) is 2.61. The van der Waals surface area contributed by atoms with Crippen molar-refractivity contribution in [3.8, 4) is 5.75 Å². The smallest absolute Gasteiger partial charge is 0.310 e. The lowest BCUT2D eigenvalue weighted by molar-refractivity contribution is -0.147. The lowest BCUT2D eigenvalue weighted by Crippen LogP contribution is -2.32. The van der Waals surface area contributed by atoms with Crippen molar-refractivity contribution in [3.05, 3.63) is 63.9 Å². The van der Waals surface area contributed by atoms with Gasteiger partial charge in [0.15, 0.2) is 6.61 Å². The Balaban J connectivity index is 1.68. The highest BCUT2D eigenvalue weighted by Crippen LogP contribution is 2.20. The van der Waals surface area contributed by atoms with Crippen molar-refractivity contribution in [2.45, 2.75) is 20.3 Å². The lowest BCUT2D eigenvalue weighted by Gasteiger charge is -2.11. The highest BCUT2D eigenvalue weighted by Gasteiger charge is 2.14. The first-order valence-electron chi connectivity index (χ1n) is 8.42. The van der Waals surface area contributed by atoms with Gasteiger partial charge in [0, 0.05) is 10.6 Å². The number of benzene rings is 2. The van der Waals surface area contributed by atoms with E-state index in [1.807, 2.05) is 32.0 Å². The fraction of sp³-hybridized carbons (Fsp3) is 0.300. The SMILES string of the molecule is Cc1ccc(OCCNC(=O)COC(=O)Cc2c(F)cccc2Cl)c(C)c1. The fourth-order valence-electron chi connectivity index (χ4n) is 2.41. The second-order valence-electron chi connectivity index (χ2n) is 6.01. The van der Waals surface area contributed by atoms with Crippen molar-refractivity contribution in [1.82, 2.24) is 5.32 Å². The number of hydrogen-bond donors (Lipinski definition) is 1. The molecule has 0 aliphatic heterocycles. The Bertz CT molecular complexity index is 805. The molecule has 0 atom stereocenters. The predicted octanol–water partition coefficient (Wildman–Crippen LogP) is 3.38. The number of aryl methyl sites for hydroxylation is 2. The molecule has 0 aliphatic rings. The fourth-order valence-corrected chi connectivity index (χ4v) is 2.64. The first-order chi connectivity index (χ1) is 12.9. The quantitative estimate of drug-likeness (QED) is 0.551. The maximum Gasteiger partial charge on any atom is 0.310 e. The van der Waals surface area contributed by atoms with Crippen molar-refractivity contribution >= 4 is 23.5 Å². The standard InChI is InChI=1S/C20H21ClFNO4/c1-13-6-7-18(14(2)10-13)26-9-8-23-19(24)12-27-20(25)11-15-16(21)4-3-5-17(15)22/h3-7,10H,8-9,11-12H2,1-2H3,(H,23,24). The molecule has 2 rings (SSSR count). The summed E-state index contributed by atoms with van der Waals surface area (Å²) in [7, 11) is 0.